The summed E-state index contributed by atoms with van der Waals surface area (Å²) in [6, 6.07) is 13.8. The number of hydroxylamine groups is 1. The average Bonchev–Trinajstić information content (AvgIpc) is 3.49. The van der Waals surface area contributed by atoms with Gasteiger partial charge in [0.15, 0.2) is 17.9 Å². The molecule has 2 heterocycles. The summed E-state index contributed by atoms with van der Waals surface area (Å²) in [4.78, 5) is 21.8. The van der Waals surface area contributed by atoms with Crippen LogP contribution in [0.2, 0.25) is 0 Å². The molecule has 1 amide bonds. The van der Waals surface area contributed by atoms with Crippen LogP contribution in [0.5, 0.6) is 5.75 Å². The number of carbonyl (C=O) groups excluding carboxylic acids is 1. The number of aliphatic hydroxyl groups excluding tert-OH is 1. The van der Waals surface area contributed by atoms with Gasteiger partial charge < -0.3 is 35.8 Å². The Labute approximate surface area is 250 Å². The highest BCUT2D eigenvalue weighted by molar-refractivity contribution is 5.77. The van der Waals surface area contributed by atoms with Crippen molar-refractivity contribution in [3.63, 3.8) is 0 Å². The van der Waals surface area contributed by atoms with Crippen LogP contribution in [0.4, 0.5) is 33.2 Å². The van der Waals surface area contributed by atoms with Crippen LogP contribution in [-0.2, 0) is 9.53 Å². The molecule has 0 aliphatic carbocycles. The minimum Gasteiger partial charge on any atom is -0.491 e. The number of carbonyl (C=O) groups is 1. The van der Waals surface area contributed by atoms with Crippen molar-refractivity contribution in [3.8, 4) is 5.75 Å². The largest absolute Gasteiger partial charge is 0.491 e. The van der Waals surface area contributed by atoms with Crippen molar-refractivity contribution in [1.82, 2.24) is 14.9 Å². The highest BCUT2D eigenvalue weighted by Gasteiger charge is 2.26. The monoisotopic (exact) mass is 597 g/mol. The Balaban J connectivity index is 1.26. The molecule has 232 valence electrons. The zero-order valence-corrected chi connectivity index (χ0v) is 24.3. The fraction of sp³-hybridized carbons (Fsp3) is 0.433. The molecule has 0 radical (unpaired) electrons. The molecule has 43 heavy (non-hydrogen) atoms. The van der Waals surface area contributed by atoms with Crippen LogP contribution in [0, 0.1) is 11.7 Å². The van der Waals surface area contributed by atoms with Crippen LogP contribution in [0.1, 0.15) is 32.1 Å². The van der Waals surface area contributed by atoms with Gasteiger partial charge in [0.25, 0.3) is 0 Å². The zero-order chi connectivity index (χ0) is 30.6. The lowest BCUT2D eigenvalue weighted by atomic mass is 10.1. The molecule has 4 rings (SSSR count). The maximum absolute atomic E-state index is 14.6. The minimum atomic E-state index is -1.11. The van der Waals surface area contributed by atoms with E-state index >= 15 is 0 Å². The number of nitrogens with zero attached hydrogens (tertiary/aromatic N) is 4. The predicted molar refractivity (Wildman–Crippen MR) is 161 cm³/mol. The normalized spacial score (nSPS) is 15.7. The molecular weight excluding hydrogens is 557 g/mol. The molecular formula is C30H40FN7O5. The lowest BCUT2D eigenvalue weighted by Gasteiger charge is -2.24. The number of ether oxygens (including phenoxy) is 2. The summed E-state index contributed by atoms with van der Waals surface area (Å²) in [5.74, 6) is -0.136. The summed E-state index contributed by atoms with van der Waals surface area (Å²) in [7, 11) is 1.61. The lowest BCUT2D eigenvalue weighted by molar-refractivity contribution is -0.121. The maximum atomic E-state index is 14.6. The number of likely N-dealkylation sites (tertiary alicyclic amines) is 1. The van der Waals surface area contributed by atoms with Gasteiger partial charge in [-0.1, -0.05) is 12.5 Å². The molecule has 6 N–H and O–H groups in total. The van der Waals surface area contributed by atoms with Crippen molar-refractivity contribution in [2.75, 3.05) is 55.7 Å². The number of benzene rings is 2. The maximum Gasteiger partial charge on any atom is 0.229 e. The van der Waals surface area contributed by atoms with Crippen LogP contribution in [-0.4, -0.2) is 77.3 Å². The van der Waals surface area contributed by atoms with Crippen LogP contribution in [0.3, 0.4) is 0 Å². The average molecular weight is 598 g/mol. The fourth-order valence-electron chi connectivity index (χ4n) is 4.79. The Morgan fingerprint density at radius 3 is 2.72 bits per heavy atom. The topological polar surface area (TPSA) is 158 Å². The number of aliphatic hydroxyl groups is 1. The van der Waals surface area contributed by atoms with Crippen molar-refractivity contribution in [2.24, 2.45) is 11.7 Å². The molecule has 3 aromatic rings. The molecule has 1 aliphatic heterocycles. The number of unbranched alkanes of at least 4 members (excludes halogenated alkanes) is 2. The van der Waals surface area contributed by atoms with Gasteiger partial charge in [0.1, 0.15) is 12.4 Å². The van der Waals surface area contributed by atoms with Gasteiger partial charge in [-0.15, -0.1) is 0 Å². The van der Waals surface area contributed by atoms with Crippen molar-refractivity contribution in [3.05, 3.63) is 60.5 Å². The van der Waals surface area contributed by atoms with Crippen LogP contribution in [0.15, 0.2) is 54.7 Å². The number of amides is 1. The first-order valence-electron chi connectivity index (χ1n) is 14.4. The molecule has 1 aromatic heterocycles. The molecule has 1 aliphatic rings. The molecule has 13 heteroatoms. The van der Waals surface area contributed by atoms with Gasteiger partial charge in [-0.2, -0.15) is 4.98 Å². The van der Waals surface area contributed by atoms with Gasteiger partial charge in [0.2, 0.25) is 11.9 Å². The Morgan fingerprint density at radius 1 is 1.16 bits per heavy atom. The van der Waals surface area contributed by atoms with Gasteiger partial charge in [-0.3, -0.25) is 10.0 Å². The van der Waals surface area contributed by atoms with Gasteiger partial charge in [0, 0.05) is 25.0 Å². The predicted octanol–water partition coefficient (Wildman–Crippen LogP) is 4.01. The van der Waals surface area contributed by atoms with Crippen molar-refractivity contribution in [2.45, 2.75) is 38.3 Å². The first kappa shape index (κ1) is 31.9. The molecule has 2 aromatic carbocycles. The quantitative estimate of drug-likeness (QED) is 0.0870. The van der Waals surface area contributed by atoms with Crippen molar-refractivity contribution in [1.29, 1.82) is 0 Å². The Kier molecular flexibility index (Phi) is 11.9. The van der Waals surface area contributed by atoms with Gasteiger partial charge >= 0.3 is 0 Å². The summed E-state index contributed by atoms with van der Waals surface area (Å²) in [6.07, 6.45) is 3.65. The van der Waals surface area contributed by atoms with E-state index in [-0.39, 0.29) is 23.6 Å². The third-order valence-corrected chi connectivity index (χ3v) is 7.18. The zero-order valence-electron chi connectivity index (χ0n) is 24.3. The Hall–Kier alpha value is -4.04. The first-order valence-corrected chi connectivity index (χ1v) is 14.4. The summed E-state index contributed by atoms with van der Waals surface area (Å²) in [5, 5.41) is 27.9. The molecule has 0 spiro atoms. The number of methoxy groups -OCH3 is 1. The second-order valence-corrected chi connectivity index (χ2v) is 10.4. The van der Waals surface area contributed by atoms with E-state index in [9.17, 15) is 19.5 Å². The minimum absolute atomic E-state index is 0.0561. The number of rotatable bonds is 17. The molecule has 1 fully saturated rings. The summed E-state index contributed by atoms with van der Waals surface area (Å²) < 4.78 is 25.1. The lowest BCUT2D eigenvalue weighted by Crippen LogP contribution is -2.32. The number of anilines is 5. The third-order valence-electron chi connectivity index (χ3n) is 7.18. The third kappa shape index (κ3) is 9.75. The van der Waals surface area contributed by atoms with Gasteiger partial charge in [0.05, 0.1) is 24.4 Å². The number of aromatic nitrogens is 2. The van der Waals surface area contributed by atoms with E-state index in [1.54, 1.807) is 55.6 Å². The molecule has 0 saturated carbocycles. The van der Waals surface area contributed by atoms with E-state index in [0.29, 0.717) is 49.0 Å². The number of hydrogen-bond donors (Lipinski definition) is 5. The molecule has 2 atom stereocenters. The Morgan fingerprint density at radius 2 is 1.98 bits per heavy atom. The van der Waals surface area contributed by atoms with E-state index in [1.165, 1.54) is 0 Å². The highest BCUT2D eigenvalue weighted by Crippen LogP contribution is 2.26. The number of hydrogen-bond acceptors (Lipinski definition) is 11. The van der Waals surface area contributed by atoms with Gasteiger partial charge in [-0.25, -0.2) is 14.4 Å². The van der Waals surface area contributed by atoms with E-state index in [0.717, 1.165) is 50.0 Å². The molecule has 12 nitrogen and oxygen atoms in total. The van der Waals surface area contributed by atoms with E-state index in [2.05, 4.69) is 25.5 Å². The summed E-state index contributed by atoms with van der Waals surface area (Å²) in [5.41, 5.74) is 6.89. The van der Waals surface area contributed by atoms with Crippen LogP contribution >= 0.6 is 0 Å². The summed E-state index contributed by atoms with van der Waals surface area (Å²) in [6.45, 7) is 3.39. The molecule has 0 bridgehead atoms. The van der Waals surface area contributed by atoms with Crippen LogP contribution < -0.4 is 26.2 Å². The fourth-order valence-corrected chi connectivity index (χ4v) is 4.79. The SMILES string of the molecule is COCCOc1ccc(Nc2ncc(F)c(Nc3cccc(N(O)C(O)CCCCCN4CCC(C(N)=O)C4)c3)n2)cc1. The number of halogens is 1. The Bertz CT molecular complexity index is 1320. The molecule has 2 unspecified atom stereocenters. The van der Waals surface area contributed by atoms with Crippen LogP contribution in [0.25, 0.3) is 0 Å². The number of primary amides is 1. The second-order valence-electron chi connectivity index (χ2n) is 10.4. The number of nitrogens with two attached hydrogens (primary N) is 1. The summed E-state index contributed by atoms with van der Waals surface area (Å²) >= 11 is 0. The van der Waals surface area contributed by atoms with E-state index in [4.69, 9.17) is 15.2 Å². The van der Waals surface area contributed by atoms with Crippen molar-refractivity contribution < 1.29 is 29.0 Å². The van der Waals surface area contributed by atoms with E-state index in [1.807, 2.05) is 0 Å². The number of nitrogens with one attached hydrogen (secondary N) is 2. The standard InChI is InChI=1S/C30H40FN7O5/c1-42-16-17-43-25-11-9-22(10-12-25)35-30-33-19-26(31)29(36-30)34-23-6-5-7-24(18-23)38(41)27(39)8-3-2-4-14-37-15-13-21(20-37)28(32)40/h5-7,9-12,18-19,21,27,39,41H,2-4,8,13-17,20H2,1H3,(H2,32,40)(H2,33,34,35,36). The molecule has 1 saturated heterocycles. The highest BCUT2D eigenvalue weighted by atomic mass is 19.1. The first-order chi connectivity index (χ1) is 20.8. The van der Waals surface area contributed by atoms with Crippen molar-refractivity contribution >= 4 is 34.7 Å². The van der Waals surface area contributed by atoms with Gasteiger partial charge in [-0.05, 0) is 81.2 Å². The second kappa shape index (κ2) is 16.0. The smallest absolute Gasteiger partial charge is 0.229 e. The van der Waals surface area contributed by atoms with E-state index < -0.39 is 12.0 Å².